The van der Waals surface area contributed by atoms with Crippen molar-refractivity contribution in [3.63, 3.8) is 0 Å². The number of anilines is 1. The van der Waals surface area contributed by atoms with Gasteiger partial charge in [-0.25, -0.2) is 0 Å². The minimum atomic E-state index is -0.750. The number of nitrogens with one attached hydrogen (secondary N) is 2. The van der Waals surface area contributed by atoms with Crippen molar-refractivity contribution in [1.82, 2.24) is 10.2 Å². The van der Waals surface area contributed by atoms with Gasteiger partial charge in [0.25, 0.3) is 0 Å². The minimum absolute atomic E-state index is 0.301. The highest BCUT2D eigenvalue weighted by Crippen LogP contribution is 2.34. The second-order valence-electron chi connectivity index (χ2n) is 5.80. The van der Waals surface area contributed by atoms with Crippen LogP contribution in [-0.2, 0) is 11.2 Å². The summed E-state index contributed by atoms with van der Waals surface area (Å²) in [6.45, 7) is 2.14. The van der Waals surface area contributed by atoms with E-state index in [4.69, 9.17) is 0 Å². The Hall–Kier alpha value is -2.70. The SMILES string of the molecule is CCCc1ccc(-c2cc(NC(=O)[C@H]3C[C@H]3[N+](=O)[O-])n[nH]2)cc1. The lowest BCUT2D eigenvalue weighted by Gasteiger charge is -2.01. The van der Waals surface area contributed by atoms with Crippen LogP contribution in [0.3, 0.4) is 0 Å². The fourth-order valence-corrected chi connectivity index (χ4v) is 2.59. The zero-order valence-electron chi connectivity index (χ0n) is 12.8. The molecule has 1 aliphatic carbocycles. The van der Waals surface area contributed by atoms with Crippen LogP contribution in [0, 0.1) is 16.0 Å². The predicted octanol–water partition coefficient (Wildman–Crippen LogP) is 2.63. The molecule has 0 bridgehead atoms. The number of rotatable bonds is 6. The van der Waals surface area contributed by atoms with E-state index in [0.29, 0.717) is 12.2 Å². The van der Waals surface area contributed by atoms with Crippen molar-refractivity contribution < 1.29 is 9.72 Å². The van der Waals surface area contributed by atoms with Gasteiger partial charge in [0.15, 0.2) is 5.82 Å². The number of carbonyl (C=O) groups excluding carboxylic acids is 1. The molecular formula is C16H18N4O3. The van der Waals surface area contributed by atoms with Gasteiger partial charge in [-0.2, -0.15) is 5.10 Å². The first-order chi connectivity index (χ1) is 11.1. The second-order valence-corrected chi connectivity index (χ2v) is 5.80. The van der Waals surface area contributed by atoms with E-state index in [9.17, 15) is 14.9 Å². The van der Waals surface area contributed by atoms with Crippen LogP contribution in [-0.4, -0.2) is 27.1 Å². The number of benzene rings is 1. The van der Waals surface area contributed by atoms with Crippen molar-refractivity contribution in [3.8, 4) is 11.3 Å². The lowest BCUT2D eigenvalue weighted by Crippen LogP contribution is -2.18. The third-order valence-electron chi connectivity index (χ3n) is 4.00. The van der Waals surface area contributed by atoms with E-state index in [-0.39, 0.29) is 5.91 Å². The number of nitrogens with zero attached hydrogens (tertiary/aromatic N) is 2. The number of aryl methyl sites for hydroxylation is 1. The van der Waals surface area contributed by atoms with Gasteiger partial charge in [-0.15, -0.1) is 0 Å². The van der Waals surface area contributed by atoms with E-state index < -0.39 is 16.9 Å². The Morgan fingerprint density at radius 1 is 1.43 bits per heavy atom. The Labute approximate surface area is 133 Å². The van der Waals surface area contributed by atoms with Gasteiger partial charge in [-0.05, 0) is 17.5 Å². The first kappa shape index (κ1) is 15.2. The highest BCUT2D eigenvalue weighted by Gasteiger charge is 2.53. The summed E-state index contributed by atoms with van der Waals surface area (Å²) in [4.78, 5) is 22.1. The molecule has 0 aliphatic heterocycles. The average Bonchev–Trinajstić information content (AvgIpc) is 3.22. The lowest BCUT2D eigenvalue weighted by molar-refractivity contribution is -0.497. The summed E-state index contributed by atoms with van der Waals surface area (Å²) >= 11 is 0. The molecule has 0 unspecified atom stereocenters. The number of aromatic amines is 1. The Morgan fingerprint density at radius 2 is 2.17 bits per heavy atom. The summed E-state index contributed by atoms with van der Waals surface area (Å²) < 4.78 is 0. The monoisotopic (exact) mass is 314 g/mol. The third-order valence-corrected chi connectivity index (χ3v) is 4.00. The number of aromatic nitrogens is 2. The van der Waals surface area contributed by atoms with Crippen molar-refractivity contribution in [2.45, 2.75) is 32.2 Å². The second kappa shape index (κ2) is 6.20. The van der Waals surface area contributed by atoms with E-state index in [2.05, 4.69) is 34.6 Å². The van der Waals surface area contributed by atoms with Gasteiger partial charge < -0.3 is 5.32 Å². The van der Waals surface area contributed by atoms with Gasteiger partial charge in [0.1, 0.15) is 5.92 Å². The van der Waals surface area contributed by atoms with Gasteiger partial charge in [-0.1, -0.05) is 37.6 Å². The van der Waals surface area contributed by atoms with Crippen LogP contribution < -0.4 is 5.32 Å². The van der Waals surface area contributed by atoms with E-state index >= 15 is 0 Å². The molecule has 2 N–H and O–H groups in total. The number of hydrogen-bond acceptors (Lipinski definition) is 4. The molecule has 1 aromatic heterocycles. The van der Waals surface area contributed by atoms with Crippen LogP contribution in [0.2, 0.25) is 0 Å². The van der Waals surface area contributed by atoms with E-state index in [0.717, 1.165) is 24.1 Å². The molecule has 1 saturated carbocycles. The number of H-pyrrole nitrogens is 1. The lowest BCUT2D eigenvalue weighted by atomic mass is 10.1. The number of carbonyl (C=O) groups is 1. The Bertz CT molecular complexity index is 723. The highest BCUT2D eigenvalue weighted by molar-refractivity contribution is 5.94. The fourth-order valence-electron chi connectivity index (χ4n) is 2.59. The Balaban J connectivity index is 1.64. The first-order valence-electron chi connectivity index (χ1n) is 7.67. The van der Waals surface area contributed by atoms with Crippen LogP contribution >= 0.6 is 0 Å². The van der Waals surface area contributed by atoms with Gasteiger partial charge in [-0.3, -0.25) is 20.0 Å². The highest BCUT2D eigenvalue weighted by atomic mass is 16.6. The maximum absolute atomic E-state index is 11.9. The fraction of sp³-hybridized carbons (Fsp3) is 0.375. The standard InChI is InChI=1S/C16H18N4O3/c1-2-3-10-4-6-11(7-5-10)13-9-15(19-18-13)17-16(21)12-8-14(12)20(22)23/h4-7,9,12,14H,2-3,8H2,1H3,(H2,17,18,19,21)/t12-,14+/m0/s1. The molecule has 2 atom stereocenters. The van der Waals surface area contributed by atoms with Crippen LogP contribution in [0.5, 0.6) is 0 Å². The zero-order chi connectivity index (χ0) is 16.4. The summed E-state index contributed by atoms with van der Waals surface area (Å²) in [5, 5.41) is 20.1. The number of hydrogen-bond donors (Lipinski definition) is 2. The molecule has 120 valence electrons. The van der Waals surface area contributed by atoms with Gasteiger partial charge in [0, 0.05) is 17.4 Å². The van der Waals surface area contributed by atoms with Crippen molar-refractivity contribution in [3.05, 3.63) is 46.0 Å². The van der Waals surface area contributed by atoms with Gasteiger partial charge in [0.05, 0.1) is 5.69 Å². The van der Waals surface area contributed by atoms with E-state index in [1.165, 1.54) is 5.56 Å². The van der Waals surface area contributed by atoms with Gasteiger partial charge in [0.2, 0.25) is 11.9 Å². The molecule has 2 aromatic rings. The Morgan fingerprint density at radius 3 is 2.78 bits per heavy atom. The summed E-state index contributed by atoms with van der Waals surface area (Å²) in [6, 6.07) is 9.14. The van der Waals surface area contributed by atoms with Crippen molar-refractivity contribution in [2.24, 2.45) is 5.92 Å². The summed E-state index contributed by atoms with van der Waals surface area (Å²) in [5.41, 5.74) is 3.06. The normalized spacial score (nSPS) is 19.3. The minimum Gasteiger partial charge on any atom is -0.309 e. The summed E-state index contributed by atoms with van der Waals surface area (Å²) in [7, 11) is 0. The van der Waals surface area contributed by atoms with Crippen molar-refractivity contribution in [2.75, 3.05) is 5.32 Å². The van der Waals surface area contributed by atoms with E-state index in [1.807, 2.05) is 12.1 Å². The molecular weight excluding hydrogens is 296 g/mol. The molecule has 7 nitrogen and oxygen atoms in total. The third kappa shape index (κ3) is 3.39. The van der Waals surface area contributed by atoms with Crippen LogP contribution in [0.15, 0.2) is 30.3 Å². The number of nitro groups is 1. The van der Waals surface area contributed by atoms with Crippen LogP contribution in [0.1, 0.15) is 25.3 Å². The first-order valence-corrected chi connectivity index (χ1v) is 7.67. The smallest absolute Gasteiger partial charge is 0.235 e. The quantitative estimate of drug-likeness (QED) is 0.632. The van der Waals surface area contributed by atoms with Crippen molar-refractivity contribution >= 4 is 11.7 Å². The maximum atomic E-state index is 11.9. The number of amides is 1. The van der Waals surface area contributed by atoms with Gasteiger partial charge >= 0.3 is 0 Å². The molecule has 7 heteroatoms. The van der Waals surface area contributed by atoms with Crippen molar-refractivity contribution in [1.29, 1.82) is 0 Å². The molecule has 0 spiro atoms. The molecule has 1 amide bonds. The van der Waals surface area contributed by atoms with E-state index in [1.54, 1.807) is 6.07 Å². The molecule has 1 aliphatic rings. The van der Waals surface area contributed by atoms with Crippen LogP contribution in [0.25, 0.3) is 11.3 Å². The molecule has 1 fully saturated rings. The average molecular weight is 314 g/mol. The molecule has 3 rings (SSSR count). The molecule has 0 radical (unpaired) electrons. The topological polar surface area (TPSA) is 101 Å². The molecule has 1 aromatic carbocycles. The zero-order valence-corrected chi connectivity index (χ0v) is 12.8. The maximum Gasteiger partial charge on any atom is 0.235 e. The predicted molar refractivity (Wildman–Crippen MR) is 85.5 cm³/mol. The summed E-state index contributed by atoms with van der Waals surface area (Å²) in [5.74, 6) is -0.502. The Kier molecular flexibility index (Phi) is 4.10. The largest absolute Gasteiger partial charge is 0.309 e. The molecule has 23 heavy (non-hydrogen) atoms. The van der Waals surface area contributed by atoms with Crippen LogP contribution in [0.4, 0.5) is 5.82 Å². The summed E-state index contributed by atoms with van der Waals surface area (Å²) in [6.07, 6.45) is 2.45. The molecule has 1 heterocycles. The molecule has 0 saturated heterocycles.